The molecule has 1 aromatic heterocycles. The van der Waals surface area contributed by atoms with Gasteiger partial charge in [-0.25, -0.2) is 8.42 Å². The molecule has 3 rings (SSSR count). The molecule has 1 unspecified atom stereocenters. The van der Waals surface area contributed by atoms with Gasteiger partial charge >= 0.3 is 0 Å². The lowest BCUT2D eigenvalue weighted by Crippen LogP contribution is -2.38. The van der Waals surface area contributed by atoms with Gasteiger partial charge in [-0.2, -0.15) is 0 Å². The first kappa shape index (κ1) is 25.5. The van der Waals surface area contributed by atoms with Crippen molar-refractivity contribution in [1.29, 1.82) is 0 Å². The van der Waals surface area contributed by atoms with E-state index in [-0.39, 0.29) is 24.9 Å². The molecule has 1 atom stereocenters. The minimum atomic E-state index is -3.48. The van der Waals surface area contributed by atoms with Crippen LogP contribution in [0, 0.1) is 0 Å². The van der Waals surface area contributed by atoms with Gasteiger partial charge in [-0.15, -0.1) is 0 Å². The lowest BCUT2D eigenvalue weighted by molar-refractivity contribution is -0.0962. The van der Waals surface area contributed by atoms with E-state index in [1.807, 2.05) is 37.3 Å². The number of benzene rings is 1. The van der Waals surface area contributed by atoms with Crippen LogP contribution in [0.5, 0.6) is 0 Å². The van der Waals surface area contributed by atoms with Crippen LogP contribution in [0.1, 0.15) is 38.2 Å². The summed E-state index contributed by atoms with van der Waals surface area (Å²) in [5.41, 5.74) is 1.08. The van der Waals surface area contributed by atoms with E-state index < -0.39 is 20.9 Å². The van der Waals surface area contributed by atoms with Crippen molar-refractivity contribution in [2.24, 2.45) is 0 Å². The van der Waals surface area contributed by atoms with Crippen LogP contribution in [0.15, 0.2) is 64.4 Å². The van der Waals surface area contributed by atoms with Crippen molar-refractivity contribution < 1.29 is 13.3 Å². The van der Waals surface area contributed by atoms with Gasteiger partial charge in [0.2, 0.25) is 10.0 Å². The maximum Gasteiger partial charge on any atom is 0.253 e. The summed E-state index contributed by atoms with van der Waals surface area (Å²) in [6, 6.07) is 12.8. The molecule has 0 saturated heterocycles. The lowest BCUT2D eigenvalue weighted by atomic mass is 10.1. The molecule has 10 heteroatoms. The van der Waals surface area contributed by atoms with E-state index in [9.17, 15) is 18.0 Å². The molecule has 0 aliphatic carbocycles. The monoisotopic (exact) mass is 486 g/mol. The molecule has 34 heavy (non-hydrogen) atoms. The molecule has 0 saturated carbocycles. The molecule has 1 heterocycles. The van der Waals surface area contributed by atoms with Crippen molar-refractivity contribution in [2.75, 3.05) is 23.4 Å². The predicted molar refractivity (Wildman–Crippen MR) is 133 cm³/mol. The first-order chi connectivity index (χ1) is 16.3. The van der Waals surface area contributed by atoms with Crippen LogP contribution in [0.25, 0.3) is 0 Å². The average Bonchev–Trinajstić information content (AvgIpc) is 2.83. The summed E-state index contributed by atoms with van der Waals surface area (Å²) < 4.78 is 25.1. The summed E-state index contributed by atoms with van der Waals surface area (Å²) in [4.78, 5) is 33.4. The maximum absolute atomic E-state index is 12.0. The summed E-state index contributed by atoms with van der Waals surface area (Å²) in [5, 5.41) is 6.10. The van der Waals surface area contributed by atoms with Gasteiger partial charge in [0.1, 0.15) is 11.4 Å². The second kappa shape index (κ2) is 11.9. The van der Waals surface area contributed by atoms with Crippen molar-refractivity contribution in [2.45, 2.75) is 45.3 Å². The topological polar surface area (TPSA) is 118 Å². The fourth-order valence-electron chi connectivity index (χ4n) is 3.46. The van der Waals surface area contributed by atoms with E-state index in [2.05, 4.69) is 15.6 Å². The number of unbranched alkanes of at least 4 members (excludes halogenated alkanes) is 2. The van der Waals surface area contributed by atoms with Gasteiger partial charge in [-0.05, 0) is 37.5 Å². The highest BCUT2D eigenvalue weighted by atomic mass is 32.2. The number of pyridine rings is 1. The summed E-state index contributed by atoms with van der Waals surface area (Å²) in [5.74, 6) is 0. The zero-order valence-corrected chi connectivity index (χ0v) is 20.2. The molecule has 0 spiro atoms. The molecule has 0 aliphatic heterocycles. The summed E-state index contributed by atoms with van der Waals surface area (Å²) in [6.07, 6.45) is 7.35. The van der Waals surface area contributed by atoms with Crippen LogP contribution in [0.2, 0.25) is 0 Å². The Kier molecular flexibility index (Phi) is 8.91. The molecule has 182 valence electrons. The minimum Gasteiger partial charge on any atom is -0.377 e. The van der Waals surface area contributed by atoms with E-state index in [4.69, 9.17) is 4.84 Å². The van der Waals surface area contributed by atoms with Crippen LogP contribution in [0.4, 0.5) is 17.1 Å². The number of hydrogen-bond donors (Lipinski definition) is 2. The number of anilines is 3. The van der Waals surface area contributed by atoms with Crippen molar-refractivity contribution in [3.05, 3.63) is 80.9 Å². The zero-order chi connectivity index (χ0) is 24.6. The summed E-state index contributed by atoms with van der Waals surface area (Å²) in [7, 11) is -3.48. The Hall–Kier alpha value is -3.08. The number of hydroxylamine groups is 1. The standard InChI is InChI=1S/C24H30N4O5S/c1-18(26-21-22(24(30)23(21)29)27-20-12-14-25-15-13-20)9-5-4-8-16-28(34(2,31)32)33-17-19-10-6-3-7-11-19/h3,6-7,10-15,18,26H,4-5,8-9,16-17H2,1-2H3,(H,25,27). The third-order valence-electron chi connectivity index (χ3n) is 5.32. The Morgan fingerprint density at radius 3 is 2.32 bits per heavy atom. The Morgan fingerprint density at radius 1 is 0.971 bits per heavy atom. The van der Waals surface area contributed by atoms with Gasteiger partial charge in [0, 0.05) is 30.7 Å². The van der Waals surface area contributed by atoms with Gasteiger partial charge in [0.05, 0.1) is 12.9 Å². The smallest absolute Gasteiger partial charge is 0.253 e. The Balaban J connectivity index is 1.42. The second-order valence-corrected chi connectivity index (χ2v) is 10.1. The molecular formula is C24H30N4O5S. The number of nitrogens with zero attached hydrogens (tertiary/aromatic N) is 2. The van der Waals surface area contributed by atoms with Gasteiger partial charge in [-0.3, -0.25) is 19.4 Å². The highest BCUT2D eigenvalue weighted by molar-refractivity contribution is 7.88. The lowest BCUT2D eigenvalue weighted by Gasteiger charge is -2.21. The van der Waals surface area contributed by atoms with E-state index >= 15 is 0 Å². The van der Waals surface area contributed by atoms with Gasteiger partial charge < -0.3 is 10.6 Å². The quantitative estimate of drug-likeness (QED) is 0.203. The molecule has 2 aromatic carbocycles. The maximum atomic E-state index is 12.0. The van der Waals surface area contributed by atoms with Gasteiger partial charge in [-0.1, -0.05) is 47.6 Å². The Bertz CT molecular complexity index is 1230. The third kappa shape index (κ3) is 7.21. The molecule has 3 aromatic rings. The van der Waals surface area contributed by atoms with Crippen LogP contribution in [-0.4, -0.2) is 36.7 Å². The summed E-state index contributed by atoms with van der Waals surface area (Å²) in [6.45, 7) is 2.40. The first-order valence-corrected chi connectivity index (χ1v) is 13.0. The van der Waals surface area contributed by atoms with Crippen molar-refractivity contribution in [3.8, 4) is 0 Å². The van der Waals surface area contributed by atoms with Crippen molar-refractivity contribution in [1.82, 2.24) is 9.45 Å². The molecule has 0 bridgehead atoms. The van der Waals surface area contributed by atoms with Crippen LogP contribution in [0.3, 0.4) is 0 Å². The minimum absolute atomic E-state index is 0.0263. The first-order valence-electron chi connectivity index (χ1n) is 11.2. The predicted octanol–water partition coefficient (Wildman–Crippen LogP) is 3.18. The van der Waals surface area contributed by atoms with Crippen molar-refractivity contribution >= 4 is 27.1 Å². The second-order valence-electron chi connectivity index (χ2n) is 8.21. The Labute approximate surface area is 199 Å². The fourth-order valence-corrected chi connectivity index (χ4v) is 4.17. The normalized spacial score (nSPS) is 12.7. The number of rotatable bonds is 14. The molecule has 9 nitrogen and oxygen atoms in total. The average molecular weight is 487 g/mol. The molecule has 0 amide bonds. The van der Waals surface area contributed by atoms with Gasteiger partial charge in [0.25, 0.3) is 10.9 Å². The SMILES string of the molecule is CC(CCCCCN(OCc1ccccc1)S(C)(=O)=O)Nc1c(Nc2ccncc2)c(=O)c1=O. The molecule has 0 aliphatic rings. The molecule has 0 fully saturated rings. The molecular weight excluding hydrogens is 456 g/mol. The Morgan fingerprint density at radius 2 is 1.65 bits per heavy atom. The molecule has 0 radical (unpaired) electrons. The number of sulfonamides is 1. The van der Waals surface area contributed by atoms with Crippen LogP contribution >= 0.6 is 0 Å². The number of hydrogen-bond acceptors (Lipinski definition) is 8. The highest BCUT2D eigenvalue weighted by Crippen LogP contribution is 2.21. The summed E-state index contributed by atoms with van der Waals surface area (Å²) >= 11 is 0. The largest absolute Gasteiger partial charge is 0.377 e. The van der Waals surface area contributed by atoms with Gasteiger partial charge in [0.15, 0.2) is 0 Å². The third-order valence-corrected chi connectivity index (χ3v) is 6.34. The van der Waals surface area contributed by atoms with E-state index in [0.29, 0.717) is 17.8 Å². The van der Waals surface area contributed by atoms with E-state index in [1.54, 1.807) is 24.5 Å². The highest BCUT2D eigenvalue weighted by Gasteiger charge is 2.22. The number of nitrogens with one attached hydrogen (secondary N) is 2. The van der Waals surface area contributed by atoms with Crippen molar-refractivity contribution in [3.63, 3.8) is 0 Å². The van der Waals surface area contributed by atoms with Crippen LogP contribution in [-0.2, 0) is 21.5 Å². The fraction of sp³-hybridized carbons (Fsp3) is 0.375. The zero-order valence-electron chi connectivity index (χ0n) is 19.4. The number of aromatic nitrogens is 1. The molecule has 2 N–H and O–H groups in total. The van der Waals surface area contributed by atoms with E-state index in [0.717, 1.165) is 35.6 Å². The van der Waals surface area contributed by atoms with Crippen LogP contribution < -0.4 is 21.5 Å². The van der Waals surface area contributed by atoms with E-state index in [1.165, 1.54) is 0 Å².